The number of ether oxygens (including phenoxy) is 1. The molecule has 4 heterocycles. The van der Waals surface area contributed by atoms with E-state index < -0.39 is 6.61 Å². The minimum Gasteiger partial charge on any atom is -0.387 e. The summed E-state index contributed by atoms with van der Waals surface area (Å²) >= 11 is 0. The molecule has 2 N–H and O–H groups in total. The minimum atomic E-state index is -0.470. The number of carbonyl (C=O) groups is 2. The van der Waals surface area contributed by atoms with E-state index >= 15 is 0 Å². The van der Waals surface area contributed by atoms with Crippen LogP contribution in [0.5, 0.6) is 0 Å². The van der Waals surface area contributed by atoms with E-state index in [0.29, 0.717) is 25.2 Å². The molecule has 5 rings (SSSR count). The van der Waals surface area contributed by atoms with Gasteiger partial charge in [-0.15, -0.1) is 0 Å². The highest BCUT2D eigenvalue weighted by atomic mass is 16.5. The average Bonchev–Trinajstić information content (AvgIpc) is 3.39. The summed E-state index contributed by atoms with van der Waals surface area (Å²) in [5, 5.41) is 13.2. The van der Waals surface area contributed by atoms with Gasteiger partial charge in [-0.3, -0.25) is 14.6 Å². The van der Waals surface area contributed by atoms with Crippen molar-refractivity contribution in [2.24, 2.45) is 11.8 Å². The van der Waals surface area contributed by atoms with Gasteiger partial charge in [0.05, 0.1) is 29.3 Å². The summed E-state index contributed by atoms with van der Waals surface area (Å²) in [5.74, 6) is -0.00315. The van der Waals surface area contributed by atoms with E-state index in [0.717, 1.165) is 23.7 Å². The summed E-state index contributed by atoms with van der Waals surface area (Å²) < 4.78 is 6.28. The molecule has 4 atom stereocenters. The maximum atomic E-state index is 12.7. The Morgan fingerprint density at radius 3 is 3.07 bits per heavy atom. The molecule has 0 radical (unpaired) electrons. The minimum absolute atomic E-state index is 0.131. The molecule has 3 fully saturated rings. The number of hydrogen-bond donors (Lipinski definition) is 2. The van der Waals surface area contributed by atoms with Crippen molar-refractivity contribution in [2.75, 3.05) is 26.2 Å². The summed E-state index contributed by atoms with van der Waals surface area (Å²) in [7, 11) is 0. The van der Waals surface area contributed by atoms with Crippen LogP contribution < -0.4 is 5.32 Å². The zero-order valence-electron chi connectivity index (χ0n) is 15.5. The summed E-state index contributed by atoms with van der Waals surface area (Å²) in [6, 6.07) is 9.57. The van der Waals surface area contributed by atoms with Gasteiger partial charge >= 0.3 is 0 Å². The number of carbonyl (C=O) groups excluding carboxylic acids is 2. The van der Waals surface area contributed by atoms with Gasteiger partial charge in [0.1, 0.15) is 6.61 Å². The molecule has 146 valence electrons. The van der Waals surface area contributed by atoms with Gasteiger partial charge in [0.25, 0.3) is 5.91 Å². The number of likely N-dealkylation sites (tertiary alicyclic amines) is 1. The van der Waals surface area contributed by atoms with Crippen LogP contribution in [-0.2, 0) is 9.53 Å². The number of pyridine rings is 1. The number of aromatic nitrogens is 1. The Hall–Kier alpha value is -2.51. The second-order valence-corrected chi connectivity index (χ2v) is 8.09. The second-order valence-electron chi connectivity index (χ2n) is 8.09. The average molecular weight is 381 g/mol. The number of nitrogens with one attached hydrogen (secondary N) is 1. The number of nitrogens with zero attached hydrogens (tertiary/aromatic N) is 2. The predicted molar refractivity (Wildman–Crippen MR) is 102 cm³/mol. The number of para-hydroxylation sites is 1. The maximum absolute atomic E-state index is 12.7. The van der Waals surface area contributed by atoms with Gasteiger partial charge in [-0.2, -0.15) is 0 Å². The summed E-state index contributed by atoms with van der Waals surface area (Å²) in [6.07, 6.45) is 3.63. The first kappa shape index (κ1) is 17.6. The summed E-state index contributed by atoms with van der Waals surface area (Å²) in [5.41, 5.74) is 1.11. The largest absolute Gasteiger partial charge is 0.387 e. The number of hydrogen-bond acceptors (Lipinski definition) is 5. The number of fused-ring (bicyclic) bond motifs is 2. The van der Waals surface area contributed by atoms with Crippen molar-refractivity contribution in [1.82, 2.24) is 15.2 Å². The van der Waals surface area contributed by atoms with Crippen LogP contribution in [0.1, 0.15) is 23.2 Å². The number of amides is 2. The molecule has 3 saturated heterocycles. The SMILES string of the molecule is O=C(NC[C@H]1[C@H]2CN(C(=O)CO)C[C@]23CC[C@H]1O3)c1cnc2ccccc2c1. The standard InChI is InChI=1S/C21H23N3O4/c25-11-19(26)24-10-16-15(18-5-6-21(16,12-24)28-18)9-23-20(27)14-7-13-3-1-2-4-17(13)22-8-14/h1-4,7-8,15-16,18,25H,5-6,9-12H2,(H,23,27)/t15-,16+,18+,21+/m0/s1. The normalized spacial score (nSPS) is 30.6. The number of benzene rings is 1. The van der Waals surface area contributed by atoms with Gasteiger partial charge in [-0.1, -0.05) is 18.2 Å². The van der Waals surface area contributed by atoms with Crippen molar-refractivity contribution in [2.45, 2.75) is 24.5 Å². The highest BCUT2D eigenvalue weighted by molar-refractivity contribution is 5.97. The molecule has 3 aliphatic rings. The van der Waals surface area contributed by atoms with Crippen molar-refractivity contribution in [1.29, 1.82) is 0 Å². The zero-order chi connectivity index (χ0) is 19.3. The lowest BCUT2D eigenvalue weighted by Crippen LogP contribution is -2.41. The first-order chi connectivity index (χ1) is 13.6. The molecular formula is C21H23N3O4. The summed E-state index contributed by atoms with van der Waals surface area (Å²) in [6.45, 7) is 1.19. The van der Waals surface area contributed by atoms with E-state index in [2.05, 4.69) is 10.3 Å². The fourth-order valence-electron chi connectivity index (χ4n) is 5.26. The molecule has 7 nitrogen and oxygen atoms in total. The van der Waals surface area contributed by atoms with Gasteiger partial charge < -0.3 is 20.1 Å². The molecule has 1 aromatic heterocycles. The van der Waals surface area contributed by atoms with Gasteiger partial charge in [0.2, 0.25) is 5.91 Å². The number of aliphatic hydroxyl groups is 1. The molecule has 2 bridgehead atoms. The first-order valence-corrected chi connectivity index (χ1v) is 9.79. The van der Waals surface area contributed by atoms with Crippen LogP contribution in [0.25, 0.3) is 10.9 Å². The predicted octanol–water partition coefficient (Wildman–Crippen LogP) is 0.963. The third kappa shape index (κ3) is 2.69. The Labute approximate surface area is 162 Å². The molecule has 0 aliphatic carbocycles. The van der Waals surface area contributed by atoms with E-state index in [1.807, 2.05) is 30.3 Å². The van der Waals surface area contributed by atoms with Crippen LogP contribution in [0.2, 0.25) is 0 Å². The Morgan fingerprint density at radius 1 is 1.36 bits per heavy atom. The van der Waals surface area contributed by atoms with Gasteiger partial charge in [-0.05, 0) is 25.0 Å². The molecule has 7 heteroatoms. The third-order valence-corrected chi connectivity index (χ3v) is 6.62. The number of aliphatic hydroxyl groups excluding tert-OH is 1. The van der Waals surface area contributed by atoms with Gasteiger partial charge in [0, 0.05) is 36.5 Å². The molecule has 0 unspecified atom stereocenters. The quantitative estimate of drug-likeness (QED) is 0.823. The van der Waals surface area contributed by atoms with E-state index in [9.17, 15) is 14.7 Å². The second kappa shape index (κ2) is 6.53. The lowest BCUT2D eigenvalue weighted by Gasteiger charge is -2.29. The molecule has 1 spiro atoms. The van der Waals surface area contributed by atoms with Crippen LogP contribution >= 0.6 is 0 Å². The van der Waals surface area contributed by atoms with Crippen LogP contribution in [0.4, 0.5) is 0 Å². The van der Waals surface area contributed by atoms with Crippen LogP contribution in [-0.4, -0.2) is 64.8 Å². The van der Waals surface area contributed by atoms with Gasteiger partial charge in [-0.25, -0.2) is 0 Å². The number of rotatable bonds is 4. The topological polar surface area (TPSA) is 91.8 Å². The lowest BCUT2D eigenvalue weighted by atomic mass is 9.73. The molecule has 2 aromatic rings. The van der Waals surface area contributed by atoms with Gasteiger partial charge in [0.15, 0.2) is 0 Å². The Morgan fingerprint density at radius 2 is 2.21 bits per heavy atom. The highest BCUT2D eigenvalue weighted by Gasteiger charge is 2.63. The Balaban J connectivity index is 1.28. The van der Waals surface area contributed by atoms with E-state index in [1.54, 1.807) is 11.1 Å². The van der Waals surface area contributed by atoms with E-state index in [4.69, 9.17) is 4.74 Å². The smallest absolute Gasteiger partial charge is 0.252 e. The van der Waals surface area contributed by atoms with Crippen molar-refractivity contribution in [3.8, 4) is 0 Å². The molecular weight excluding hydrogens is 358 g/mol. The molecule has 0 saturated carbocycles. The molecule has 1 aromatic carbocycles. The van der Waals surface area contributed by atoms with Crippen molar-refractivity contribution >= 4 is 22.7 Å². The van der Waals surface area contributed by atoms with Crippen LogP contribution in [0.15, 0.2) is 36.5 Å². The van der Waals surface area contributed by atoms with E-state index in [1.165, 1.54) is 0 Å². The summed E-state index contributed by atoms with van der Waals surface area (Å²) in [4.78, 5) is 30.7. The van der Waals surface area contributed by atoms with Crippen molar-refractivity contribution in [3.05, 3.63) is 42.1 Å². The first-order valence-electron chi connectivity index (χ1n) is 9.79. The third-order valence-electron chi connectivity index (χ3n) is 6.62. The maximum Gasteiger partial charge on any atom is 0.252 e. The van der Waals surface area contributed by atoms with Crippen LogP contribution in [0.3, 0.4) is 0 Å². The van der Waals surface area contributed by atoms with Crippen molar-refractivity contribution < 1.29 is 19.4 Å². The van der Waals surface area contributed by atoms with Crippen LogP contribution in [0, 0.1) is 11.8 Å². The van der Waals surface area contributed by atoms with E-state index in [-0.39, 0.29) is 35.4 Å². The monoisotopic (exact) mass is 381 g/mol. The molecule has 3 aliphatic heterocycles. The lowest BCUT2D eigenvalue weighted by molar-refractivity contribution is -0.134. The fraction of sp³-hybridized carbons (Fsp3) is 0.476. The zero-order valence-corrected chi connectivity index (χ0v) is 15.5. The Kier molecular flexibility index (Phi) is 4.10. The molecule has 2 amide bonds. The highest BCUT2D eigenvalue weighted by Crippen LogP contribution is 2.54. The fourth-order valence-corrected chi connectivity index (χ4v) is 5.26. The van der Waals surface area contributed by atoms with Crippen molar-refractivity contribution in [3.63, 3.8) is 0 Å². The molecule has 28 heavy (non-hydrogen) atoms. The Bertz CT molecular complexity index is 948.